The molecule has 6 heteroatoms. The van der Waals surface area contributed by atoms with Crippen molar-refractivity contribution in [2.75, 3.05) is 19.7 Å². The van der Waals surface area contributed by atoms with E-state index in [0.29, 0.717) is 19.6 Å². The Kier molecular flexibility index (Phi) is 5.71. The Labute approximate surface area is 194 Å². The summed E-state index contributed by atoms with van der Waals surface area (Å²) in [6, 6.07) is 15.7. The number of aromatic amines is 1. The monoisotopic (exact) mass is 445 g/mol. The first-order chi connectivity index (χ1) is 15.9. The van der Waals surface area contributed by atoms with Crippen molar-refractivity contribution in [2.24, 2.45) is 0 Å². The number of hydrogen-bond acceptors (Lipinski definition) is 3. The number of aromatic nitrogens is 1. The molecule has 2 aromatic carbocycles. The third-order valence-corrected chi connectivity index (χ3v) is 6.72. The molecule has 3 heterocycles. The standard InChI is InChI=1S/C27H31N3O3/c1-17(2)33-13-7-12-29-16-24(31)30-23(27(29)32)15-21-20-10-4-5-11-22(20)28-25(21)26(30)19-9-6-8-18(3)14-19/h4-6,8-11,14,17,23,26,28H,7,12-13,15-16H2,1-3H3/t23-,26+/m0/s1. The smallest absolute Gasteiger partial charge is 0.246 e. The molecule has 0 aliphatic carbocycles. The average molecular weight is 446 g/mol. The molecule has 0 radical (unpaired) electrons. The van der Waals surface area contributed by atoms with Gasteiger partial charge in [-0.2, -0.15) is 0 Å². The molecule has 172 valence electrons. The lowest BCUT2D eigenvalue weighted by Gasteiger charge is -2.47. The van der Waals surface area contributed by atoms with E-state index in [1.54, 1.807) is 4.90 Å². The summed E-state index contributed by atoms with van der Waals surface area (Å²) in [5, 5.41) is 1.13. The minimum Gasteiger partial charge on any atom is -0.379 e. The van der Waals surface area contributed by atoms with Crippen molar-refractivity contribution in [1.82, 2.24) is 14.8 Å². The fraction of sp³-hybridized carbons (Fsp3) is 0.407. The van der Waals surface area contributed by atoms with Gasteiger partial charge in [0.2, 0.25) is 11.8 Å². The number of piperazine rings is 1. The van der Waals surface area contributed by atoms with Gasteiger partial charge in [0.15, 0.2) is 0 Å². The summed E-state index contributed by atoms with van der Waals surface area (Å²) in [6.07, 6.45) is 1.42. The van der Waals surface area contributed by atoms with Crippen LogP contribution in [0.1, 0.15) is 48.7 Å². The number of aryl methyl sites for hydroxylation is 1. The van der Waals surface area contributed by atoms with Crippen molar-refractivity contribution in [3.8, 4) is 0 Å². The highest BCUT2D eigenvalue weighted by atomic mass is 16.5. The van der Waals surface area contributed by atoms with Crippen LogP contribution in [0.3, 0.4) is 0 Å². The Balaban J connectivity index is 1.53. The predicted octanol–water partition coefficient (Wildman–Crippen LogP) is 3.98. The van der Waals surface area contributed by atoms with E-state index >= 15 is 0 Å². The van der Waals surface area contributed by atoms with Gasteiger partial charge in [-0.1, -0.05) is 48.0 Å². The molecule has 3 aromatic rings. The zero-order chi connectivity index (χ0) is 23.1. The Morgan fingerprint density at radius 2 is 1.94 bits per heavy atom. The van der Waals surface area contributed by atoms with Crippen molar-refractivity contribution in [3.05, 3.63) is 70.9 Å². The van der Waals surface area contributed by atoms with Gasteiger partial charge in [0, 0.05) is 36.2 Å². The molecule has 1 N–H and O–H groups in total. The molecule has 5 rings (SSSR count). The number of benzene rings is 2. The summed E-state index contributed by atoms with van der Waals surface area (Å²) < 4.78 is 5.63. The van der Waals surface area contributed by atoms with Crippen LogP contribution in [0.4, 0.5) is 0 Å². The lowest BCUT2D eigenvalue weighted by molar-refractivity contribution is -0.158. The van der Waals surface area contributed by atoms with Crippen LogP contribution in [0, 0.1) is 6.92 Å². The summed E-state index contributed by atoms with van der Waals surface area (Å²) in [5.74, 6) is 0.0351. The molecule has 6 nitrogen and oxygen atoms in total. The largest absolute Gasteiger partial charge is 0.379 e. The van der Waals surface area contributed by atoms with Crippen molar-refractivity contribution >= 4 is 22.7 Å². The van der Waals surface area contributed by atoms with E-state index in [1.165, 1.54) is 0 Å². The minimum absolute atomic E-state index is 0.000176. The lowest BCUT2D eigenvalue weighted by Crippen LogP contribution is -2.63. The van der Waals surface area contributed by atoms with Crippen LogP contribution < -0.4 is 0 Å². The van der Waals surface area contributed by atoms with E-state index in [9.17, 15) is 9.59 Å². The normalized spacial score (nSPS) is 20.5. The molecule has 0 unspecified atom stereocenters. The third kappa shape index (κ3) is 3.93. The Morgan fingerprint density at radius 1 is 1.12 bits per heavy atom. The molecule has 1 saturated heterocycles. The van der Waals surface area contributed by atoms with E-state index in [4.69, 9.17) is 4.74 Å². The van der Waals surface area contributed by atoms with E-state index in [-0.39, 0.29) is 30.5 Å². The minimum atomic E-state index is -0.491. The second kappa shape index (κ2) is 8.67. The van der Waals surface area contributed by atoms with Gasteiger partial charge < -0.3 is 19.5 Å². The Hall–Kier alpha value is -3.12. The van der Waals surface area contributed by atoms with Gasteiger partial charge in [-0.25, -0.2) is 0 Å². The summed E-state index contributed by atoms with van der Waals surface area (Å²) in [4.78, 5) is 34.3. The van der Waals surface area contributed by atoms with Crippen LogP contribution in [0.25, 0.3) is 10.9 Å². The van der Waals surface area contributed by atoms with Crippen LogP contribution in [0.2, 0.25) is 0 Å². The second-order valence-electron chi connectivity index (χ2n) is 9.43. The highest BCUT2D eigenvalue weighted by Gasteiger charge is 2.48. The first-order valence-corrected chi connectivity index (χ1v) is 11.8. The summed E-state index contributed by atoms with van der Waals surface area (Å²) in [6.45, 7) is 7.30. The number of nitrogens with one attached hydrogen (secondary N) is 1. The molecule has 0 bridgehead atoms. The number of fused-ring (bicyclic) bond motifs is 4. The number of amides is 2. The topological polar surface area (TPSA) is 65.6 Å². The van der Waals surface area contributed by atoms with Crippen LogP contribution >= 0.6 is 0 Å². The first-order valence-electron chi connectivity index (χ1n) is 11.8. The van der Waals surface area contributed by atoms with E-state index in [2.05, 4.69) is 42.2 Å². The molecule has 0 saturated carbocycles. The Morgan fingerprint density at radius 3 is 2.73 bits per heavy atom. The maximum absolute atomic E-state index is 13.6. The molecule has 1 fully saturated rings. The fourth-order valence-corrected chi connectivity index (χ4v) is 5.27. The summed E-state index contributed by atoms with van der Waals surface area (Å²) >= 11 is 0. The molecule has 2 aliphatic rings. The van der Waals surface area contributed by atoms with Gasteiger partial charge >= 0.3 is 0 Å². The van der Waals surface area contributed by atoms with Gasteiger partial charge in [-0.3, -0.25) is 9.59 Å². The zero-order valence-corrected chi connectivity index (χ0v) is 19.5. The van der Waals surface area contributed by atoms with Crippen LogP contribution in [0.15, 0.2) is 48.5 Å². The lowest BCUT2D eigenvalue weighted by atomic mass is 9.86. The van der Waals surface area contributed by atoms with E-state index in [0.717, 1.165) is 39.7 Å². The van der Waals surface area contributed by atoms with E-state index in [1.807, 2.05) is 36.9 Å². The highest BCUT2D eigenvalue weighted by molar-refractivity contribution is 5.97. The molecule has 1 aromatic heterocycles. The van der Waals surface area contributed by atoms with Crippen molar-refractivity contribution < 1.29 is 14.3 Å². The number of hydrogen-bond donors (Lipinski definition) is 1. The Bertz CT molecular complexity index is 1200. The zero-order valence-electron chi connectivity index (χ0n) is 19.5. The average Bonchev–Trinajstić information content (AvgIpc) is 3.16. The number of para-hydroxylation sites is 1. The van der Waals surface area contributed by atoms with Gasteiger partial charge in [0.25, 0.3) is 0 Å². The van der Waals surface area contributed by atoms with Crippen molar-refractivity contribution in [3.63, 3.8) is 0 Å². The number of carbonyl (C=O) groups excluding carboxylic acids is 2. The SMILES string of the molecule is Cc1cccc([C@@H]2c3[nH]c4ccccc4c3C[C@H]3C(=O)N(CCCOC(C)C)CC(=O)N23)c1. The van der Waals surface area contributed by atoms with Crippen LogP contribution in [0.5, 0.6) is 0 Å². The van der Waals surface area contributed by atoms with Gasteiger partial charge in [-0.05, 0) is 44.4 Å². The molecule has 2 aliphatic heterocycles. The number of nitrogens with zero attached hydrogens (tertiary/aromatic N) is 2. The van der Waals surface area contributed by atoms with Gasteiger partial charge in [0.05, 0.1) is 18.7 Å². The molecule has 2 atom stereocenters. The number of carbonyl (C=O) groups is 2. The molecular weight excluding hydrogens is 414 g/mol. The molecule has 0 spiro atoms. The number of ether oxygens (including phenoxy) is 1. The number of H-pyrrole nitrogens is 1. The van der Waals surface area contributed by atoms with E-state index < -0.39 is 6.04 Å². The summed E-state index contributed by atoms with van der Waals surface area (Å²) in [7, 11) is 0. The van der Waals surface area contributed by atoms with Crippen molar-refractivity contribution in [1.29, 1.82) is 0 Å². The van der Waals surface area contributed by atoms with Crippen LogP contribution in [-0.4, -0.2) is 58.4 Å². The maximum atomic E-state index is 13.6. The van der Waals surface area contributed by atoms with Crippen LogP contribution in [-0.2, 0) is 20.7 Å². The third-order valence-electron chi connectivity index (χ3n) is 6.72. The first kappa shape index (κ1) is 21.7. The number of rotatable bonds is 6. The van der Waals surface area contributed by atoms with Gasteiger partial charge in [-0.15, -0.1) is 0 Å². The maximum Gasteiger partial charge on any atom is 0.246 e. The summed E-state index contributed by atoms with van der Waals surface area (Å²) in [5.41, 5.74) is 5.38. The quantitative estimate of drug-likeness (QED) is 0.584. The fourth-order valence-electron chi connectivity index (χ4n) is 5.27. The second-order valence-corrected chi connectivity index (χ2v) is 9.43. The molecule has 2 amide bonds. The highest BCUT2D eigenvalue weighted by Crippen LogP contribution is 2.42. The van der Waals surface area contributed by atoms with Gasteiger partial charge in [0.1, 0.15) is 6.04 Å². The predicted molar refractivity (Wildman–Crippen MR) is 128 cm³/mol. The van der Waals surface area contributed by atoms with Crippen molar-refractivity contribution in [2.45, 2.75) is 51.8 Å². The molecular formula is C27H31N3O3. The molecule has 33 heavy (non-hydrogen) atoms.